The lowest BCUT2D eigenvalue weighted by Gasteiger charge is -2.27. The monoisotopic (exact) mass is 302 g/mol. The Morgan fingerprint density at radius 2 is 1.86 bits per heavy atom. The number of rotatable bonds is 8. The fourth-order valence-electron chi connectivity index (χ4n) is 2.13. The summed E-state index contributed by atoms with van der Waals surface area (Å²) < 4.78 is 37.8. The first-order valence-electron chi connectivity index (χ1n) is 7.41. The second-order valence-corrected chi connectivity index (χ2v) is 5.61. The molecule has 2 nitrogen and oxygen atoms in total. The maximum atomic E-state index is 12.6. The van der Waals surface area contributed by atoms with Crippen LogP contribution in [0.2, 0.25) is 0 Å². The minimum atomic E-state index is -4.16. The van der Waals surface area contributed by atoms with Crippen LogP contribution < -0.4 is 5.32 Å². The van der Waals surface area contributed by atoms with E-state index in [1.54, 1.807) is 13.8 Å². The van der Waals surface area contributed by atoms with Crippen LogP contribution in [0.4, 0.5) is 13.2 Å². The molecule has 0 bridgehead atoms. The van der Waals surface area contributed by atoms with E-state index in [4.69, 9.17) is 0 Å². The van der Waals surface area contributed by atoms with E-state index in [0.717, 1.165) is 30.6 Å². The van der Waals surface area contributed by atoms with Crippen LogP contribution in [0.25, 0.3) is 0 Å². The lowest BCUT2D eigenvalue weighted by atomic mass is 10.1. The number of nitrogens with one attached hydrogen (secondary N) is 1. The summed E-state index contributed by atoms with van der Waals surface area (Å²) in [4.78, 5) is 1.44. The molecule has 0 fully saturated rings. The highest BCUT2D eigenvalue weighted by Gasteiger charge is 2.31. The standard InChI is InChI=1S/C16H25F3N2/c1-4-8-20-10-14-6-5-7-15(9-14)11-21(13(2)3)12-16(17,18)19/h5-7,9,13,20H,4,8,10-12H2,1-3H3. The highest BCUT2D eigenvalue weighted by atomic mass is 19.4. The van der Waals surface area contributed by atoms with Gasteiger partial charge in [-0.2, -0.15) is 13.2 Å². The largest absolute Gasteiger partial charge is 0.401 e. The SMILES string of the molecule is CCCNCc1cccc(CN(CC(F)(F)F)C(C)C)c1. The van der Waals surface area contributed by atoms with E-state index in [-0.39, 0.29) is 6.04 Å². The first-order chi connectivity index (χ1) is 9.81. The maximum Gasteiger partial charge on any atom is 0.401 e. The van der Waals surface area contributed by atoms with Gasteiger partial charge in [-0.15, -0.1) is 0 Å². The van der Waals surface area contributed by atoms with Crippen LogP contribution in [-0.4, -0.2) is 30.2 Å². The number of hydrogen-bond acceptors (Lipinski definition) is 2. The van der Waals surface area contributed by atoms with Gasteiger partial charge >= 0.3 is 6.18 Å². The van der Waals surface area contributed by atoms with E-state index in [9.17, 15) is 13.2 Å². The zero-order chi connectivity index (χ0) is 15.9. The summed E-state index contributed by atoms with van der Waals surface area (Å²) in [5.74, 6) is 0. The highest BCUT2D eigenvalue weighted by Crippen LogP contribution is 2.20. The van der Waals surface area contributed by atoms with E-state index in [1.165, 1.54) is 4.90 Å². The second-order valence-electron chi connectivity index (χ2n) is 5.61. The third kappa shape index (κ3) is 7.48. The number of halogens is 3. The average molecular weight is 302 g/mol. The Labute approximate surface area is 125 Å². The van der Waals surface area contributed by atoms with Gasteiger partial charge in [0.15, 0.2) is 0 Å². The Morgan fingerprint density at radius 1 is 1.19 bits per heavy atom. The van der Waals surface area contributed by atoms with Crippen molar-refractivity contribution in [3.05, 3.63) is 35.4 Å². The van der Waals surface area contributed by atoms with Gasteiger partial charge in [0.1, 0.15) is 0 Å². The van der Waals surface area contributed by atoms with Gasteiger partial charge in [-0.05, 0) is 37.9 Å². The summed E-state index contributed by atoms with van der Waals surface area (Å²) in [6, 6.07) is 7.62. The molecule has 0 atom stereocenters. The molecular weight excluding hydrogens is 277 g/mol. The fourth-order valence-corrected chi connectivity index (χ4v) is 2.13. The van der Waals surface area contributed by atoms with Crippen LogP contribution in [0, 0.1) is 0 Å². The van der Waals surface area contributed by atoms with Crippen LogP contribution in [-0.2, 0) is 13.1 Å². The summed E-state index contributed by atoms with van der Waals surface area (Å²) in [5, 5.41) is 3.30. The molecule has 0 amide bonds. The third-order valence-corrected chi connectivity index (χ3v) is 3.25. The molecule has 1 aromatic rings. The molecule has 0 aromatic heterocycles. The van der Waals surface area contributed by atoms with E-state index in [1.807, 2.05) is 24.3 Å². The topological polar surface area (TPSA) is 15.3 Å². The van der Waals surface area contributed by atoms with Crippen LogP contribution in [0.3, 0.4) is 0 Å². The Kier molecular flexibility index (Phi) is 7.18. The van der Waals surface area contributed by atoms with Gasteiger partial charge in [0.25, 0.3) is 0 Å². The molecule has 5 heteroatoms. The van der Waals surface area contributed by atoms with E-state index in [2.05, 4.69) is 12.2 Å². The van der Waals surface area contributed by atoms with Crippen LogP contribution in [0.5, 0.6) is 0 Å². The maximum absolute atomic E-state index is 12.6. The van der Waals surface area contributed by atoms with Crippen molar-refractivity contribution in [2.75, 3.05) is 13.1 Å². The number of benzene rings is 1. The summed E-state index contributed by atoms with van der Waals surface area (Å²) in [6.07, 6.45) is -3.10. The van der Waals surface area contributed by atoms with Gasteiger partial charge in [-0.1, -0.05) is 31.2 Å². The smallest absolute Gasteiger partial charge is 0.313 e. The van der Waals surface area contributed by atoms with Gasteiger partial charge in [-0.3, -0.25) is 4.90 Å². The first-order valence-corrected chi connectivity index (χ1v) is 7.41. The molecule has 0 heterocycles. The Morgan fingerprint density at radius 3 is 2.43 bits per heavy atom. The van der Waals surface area contributed by atoms with Crippen molar-refractivity contribution in [1.29, 1.82) is 0 Å². The van der Waals surface area contributed by atoms with Crippen LogP contribution in [0.15, 0.2) is 24.3 Å². The van der Waals surface area contributed by atoms with Crippen molar-refractivity contribution < 1.29 is 13.2 Å². The van der Waals surface area contributed by atoms with Gasteiger partial charge in [0.2, 0.25) is 0 Å². The first kappa shape index (κ1) is 18.0. The molecule has 0 aliphatic rings. The molecule has 1 N–H and O–H groups in total. The van der Waals surface area contributed by atoms with E-state index < -0.39 is 12.7 Å². The zero-order valence-electron chi connectivity index (χ0n) is 13.0. The molecule has 0 saturated heterocycles. The molecule has 1 aromatic carbocycles. The van der Waals surface area contributed by atoms with E-state index in [0.29, 0.717) is 6.54 Å². The summed E-state index contributed by atoms with van der Waals surface area (Å²) >= 11 is 0. The third-order valence-electron chi connectivity index (χ3n) is 3.25. The molecule has 0 aliphatic heterocycles. The number of nitrogens with zero attached hydrogens (tertiary/aromatic N) is 1. The Balaban J connectivity index is 2.68. The lowest BCUT2D eigenvalue weighted by Crippen LogP contribution is -2.38. The zero-order valence-corrected chi connectivity index (χ0v) is 13.0. The van der Waals surface area contributed by atoms with Crippen LogP contribution >= 0.6 is 0 Å². The minimum absolute atomic E-state index is 0.145. The number of alkyl halides is 3. The predicted molar refractivity (Wildman–Crippen MR) is 80.0 cm³/mol. The summed E-state index contributed by atoms with van der Waals surface area (Å²) in [7, 11) is 0. The van der Waals surface area contributed by atoms with Gasteiger partial charge in [-0.25, -0.2) is 0 Å². The van der Waals surface area contributed by atoms with Gasteiger partial charge < -0.3 is 5.32 Å². The minimum Gasteiger partial charge on any atom is -0.313 e. The quantitative estimate of drug-likeness (QED) is 0.731. The molecule has 0 unspecified atom stereocenters. The van der Waals surface area contributed by atoms with Gasteiger partial charge in [0.05, 0.1) is 6.54 Å². The average Bonchev–Trinajstić information content (AvgIpc) is 2.37. The van der Waals surface area contributed by atoms with Crippen molar-refractivity contribution in [3.63, 3.8) is 0 Å². The van der Waals surface area contributed by atoms with Crippen molar-refractivity contribution in [2.45, 2.75) is 52.5 Å². The van der Waals surface area contributed by atoms with Crippen molar-refractivity contribution in [1.82, 2.24) is 10.2 Å². The molecule has 0 aliphatic carbocycles. The molecule has 1 rings (SSSR count). The highest BCUT2D eigenvalue weighted by molar-refractivity contribution is 5.23. The van der Waals surface area contributed by atoms with Crippen molar-refractivity contribution >= 4 is 0 Å². The van der Waals surface area contributed by atoms with Crippen molar-refractivity contribution in [2.24, 2.45) is 0 Å². The lowest BCUT2D eigenvalue weighted by molar-refractivity contribution is -0.150. The molecule has 21 heavy (non-hydrogen) atoms. The normalized spacial score (nSPS) is 12.4. The molecule has 0 radical (unpaired) electrons. The van der Waals surface area contributed by atoms with Gasteiger partial charge in [0, 0.05) is 19.1 Å². The summed E-state index contributed by atoms with van der Waals surface area (Å²) in [6.45, 7) is 6.82. The Bertz CT molecular complexity index is 416. The molecular formula is C16H25F3N2. The second kappa shape index (κ2) is 8.39. The molecule has 0 spiro atoms. The summed E-state index contributed by atoms with van der Waals surface area (Å²) in [5.41, 5.74) is 2.03. The molecule has 120 valence electrons. The fraction of sp³-hybridized carbons (Fsp3) is 0.625. The van der Waals surface area contributed by atoms with Crippen LogP contribution in [0.1, 0.15) is 38.3 Å². The van der Waals surface area contributed by atoms with Crippen molar-refractivity contribution in [3.8, 4) is 0 Å². The Hall–Kier alpha value is -1.07. The van der Waals surface area contributed by atoms with E-state index >= 15 is 0 Å². The number of hydrogen-bond donors (Lipinski definition) is 1. The molecule has 0 saturated carbocycles. The predicted octanol–water partition coefficient (Wildman–Crippen LogP) is 3.96.